The van der Waals surface area contributed by atoms with Crippen LogP contribution in [0.3, 0.4) is 0 Å². The quantitative estimate of drug-likeness (QED) is 0.649. The predicted octanol–water partition coefficient (Wildman–Crippen LogP) is 3.51. The maximum absolute atomic E-state index is 12.0. The average molecular weight is 455 g/mol. The number of piperidine rings is 1. The van der Waals surface area contributed by atoms with Crippen LogP contribution in [0.25, 0.3) is 0 Å². The summed E-state index contributed by atoms with van der Waals surface area (Å²) in [6, 6.07) is 1.74. The highest BCUT2D eigenvalue weighted by Gasteiger charge is 2.29. The maximum Gasteiger partial charge on any atom is 0.410 e. The van der Waals surface area contributed by atoms with Crippen LogP contribution in [0.1, 0.15) is 57.9 Å². The monoisotopic (exact) mass is 454 g/mol. The van der Waals surface area contributed by atoms with E-state index in [1.807, 2.05) is 13.8 Å². The number of ether oxygens (including phenoxy) is 3. The van der Waals surface area contributed by atoms with Gasteiger partial charge in [-0.15, -0.1) is 0 Å². The topological polar surface area (TPSA) is 95.0 Å². The molecule has 0 spiro atoms. The first kappa shape index (κ1) is 23.8. The molecule has 3 rings (SSSR count). The SMILES string of the molecule is Cc1cc(O[C@H]2CC[C@H](OC3CCN(C(=O)OC(C)C)CC3)CC2)cnc1S(C)(=O)=O. The summed E-state index contributed by atoms with van der Waals surface area (Å²) in [6.07, 6.45) is 8.08. The second-order valence-electron chi connectivity index (χ2n) is 8.84. The number of likely N-dealkylation sites (tertiary alicyclic amines) is 1. The Labute approximate surface area is 185 Å². The van der Waals surface area contributed by atoms with E-state index in [0.717, 1.165) is 44.8 Å². The van der Waals surface area contributed by atoms with Crippen LogP contribution in [0.15, 0.2) is 17.3 Å². The summed E-state index contributed by atoms with van der Waals surface area (Å²) in [5.74, 6) is 0.606. The third kappa shape index (κ3) is 6.80. The summed E-state index contributed by atoms with van der Waals surface area (Å²) in [4.78, 5) is 17.8. The minimum absolute atomic E-state index is 0.0813. The minimum Gasteiger partial charge on any atom is -0.489 e. The fourth-order valence-corrected chi connectivity index (χ4v) is 5.08. The Hall–Kier alpha value is -1.87. The number of pyridine rings is 1. The predicted molar refractivity (Wildman–Crippen MR) is 116 cm³/mol. The maximum atomic E-state index is 12.0. The zero-order valence-electron chi connectivity index (χ0n) is 18.9. The molecular weight excluding hydrogens is 420 g/mol. The van der Waals surface area contributed by atoms with Crippen LogP contribution in [-0.4, -0.2) is 68.2 Å². The third-order valence-electron chi connectivity index (χ3n) is 5.70. The van der Waals surface area contributed by atoms with E-state index in [4.69, 9.17) is 14.2 Å². The highest BCUT2D eigenvalue weighted by molar-refractivity contribution is 7.90. The molecule has 1 amide bonds. The highest BCUT2D eigenvalue weighted by Crippen LogP contribution is 2.29. The Balaban J connectivity index is 1.41. The molecule has 1 aliphatic carbocycles. The summed E-state index contributed by atoms with van der Waals surface area (Å²) in [5, 5.41) is 0.0977. The van der Waals surface area contributed by atoms with Gasteiger partial charge in [-0.05, 0) is 70.9 Å². The molecule has 0 unspecified atom stereocenters. The molecule has 1 saturated heterocycles. The number of carbonyl (C=O) groups is 1. The van der Waals surface area contributed by atoms with E-state index >= 15 is 0 Å². The van der Waals surface area contributed by atoms with Crippen LogP contribution in [0.5, 0.6) is 5.75 Å². The van der Waals surface area contributed by atoms with Crippen molar-refractivity contribution < 1.29 is 27.4 Å². The Morgan fingerprint density at radius 3 is 2.19 bits per heavy atom. The Kier molecular flexibility index (Phi) is 7.80. The Bertz CT molecular complexity index is 857. The van der Waals surface area contributed by atoms with Gasteiger partial charge in [0.05, 0.1) is 30.6 Å². The molecule has 2 heterocycles. The van der Waals surface area contributed by atoms with Gasteiger partial charge in [-0.1, -0.05) is 0 Å². The highest BCUT2D eigenvalue weighted by atomic mass is 32.2. The van der Waals surface area contributed by atoms with E-state index < -0.39 is 9.84 Å². The van der Waals surface area contributed by atoms with Crippen molar-refractivity contribution in [3.8, 4) is 5.75 Å². The summed E-state index contributed by atoms with van der Waals surface area (Å²) in [5.41, 5.74) is 0.598. The normalized spacial score (nSPS) is 23.1. The molecule has 9 heteroatoms. The molecule has 174 valence electrons. The first-order valence-electron chi connectivity index (χ1n) is 11.1. The van der Waals surface area contributed by atoms with Gasteiger partial charge in [0.2, 0.25) is 0 Å². The van der Waals surface area contributed by atoms with Gasteiger partial charge in [0.25, 0.3) is 0 Å². The van der Waals surface area contributed by atoms with Gasteiger partial charge in [-0.3, -0.25) is 0 Å². The van der Waals surface area contributed by atoms with Crippen LogP contribution in [0.4, 0.5) is 4.79 Å². The number of amides is 1. The number of aromatic nitrogens is 1. The summed E-state index contributed by atoms with van der Waals surface area (Å²) < 4.78 is 41.0. The van der Waals surface area contributed by atoms with Gasteiger partial charge in [0, 0.05) is 19.3 Å². The number of nitrogens with zero attached hydrogens (tertiary/aromatic N) is 2. The van der Waals surface area contributed by atoms with Crippen molar-refractivity contribution in [1.82, 2.24) is 9.88 Å². The zero-order valence-corrected chi connectivity index (χ0v) is 19.7. The molecule has 0 atom stereocenters. The standard InChI is InChI=1S/C22H34N2O6S/c1-15(2)28-22(25)24-11-9-19(10-12-24)29-17-5-7-18(8-6-17)30-20-13-16(3)21(23-14-20)31(4,26)27/h13-15,17-19H,5-12H2,1-4H3/t17-,18-. The van der Waals surface area contributed by atoms with Crippen molar-refractivity contribution in [3.05, 3.63) is 17.8 Å². The van der Waals surface area contributed by atoms with Crippen molar-refractivity contribution in [2.45, 2.75) is 88.7 Å². The summed E-state index contributed by atoms with van der Waals surface area (Å²) >= 11 is 0. The largest absolute Gasteiger partial charge is 0.489 e. The lowest BCUT2D eigenvalue weighted by molar-refractivity contribution is -0.0656. The Morgan fingerprint density at radius 2 is 1.65 bits per heavy atom. The van der Waals surface area contributed by atoms with Crippen LogP contribution < -0.4 is 4.74 Å². The van der Waals surface area contributed by atoms with E-state index in [2.05, 4.69) is 4.98 Å². The molecule has 1 aromatic heterocycles. The number of rotatable bonds is 6. The van der Waals surface area contributed by atoms with E-state index in [1.54, 1.807) is 17.9 Å². The summed E-state index contributed by atoms with van der Waals surface area (Å²) in [7, 11) is -3.33. The number of hydrogen-bond acceptors (Lipinski definition) is 7. The van der Waals surface area contributed by atoms with E-state index in [-0.39, 0.29) is 35.5 Å². The Morgan fingerprint density at radius 1 is 1.06 bits per heavy atom. The molecule has 1 saturated carbocycles. The smallest absolute Gasteiger partial charge is 0.410 e. The molecular formula is C22H34N2O6S. The van der Waals surface area contributed by atoms with E-state index in [0.29, 0.717) is 24.4 Å². The second kappa shape index (κ2) is 10.2. The van der Waals surface area contributed by atoms with Crippen molar-refractivity contribution in [2.24, 2.45) is 0 Å². The van der Waals surface area contributed by atoms with E-state index in [9.17, 15) is 13.2 Å². The minimum atomic E-state index is -3.33. The molecule has 0 N–H and O–H groups in total. The van der Waals surface area contributed by atoms with Crippen molar-refractivity contribution >= 4 is 15.9 Å². The first-order chi connectivity index (χ1) is 14.6. The van der Waals surface area contributed by atoms with Gasteiger partial charge in [0.1, 0.15) is 5.75 Å². The van der Waals surface area contributed by atoms with Crippen LogP contribution in [0.2, 0.25) is 0 Å². The van der Waals surface area contributed by atoms with Gasteiger partial charge in [-0.25, -0.2) is 18.2 Å². The second-order valence-corrected chi connectivity index (χ2v) is 10.8. The van der Waals surface area contributed by atoms with Crippen LogP contribution in [0, 0.1) is 6.92 Å². The summed E-state index contributed by atoms with van der Waals surface area (Å²) in [6.45, 7) is 6.79. The average Bonchev–Trinajstić information content (AvgIpc) is 2.68. The van der Waals surface area contributed by atoms with Crippen LogP contribution >= 0.6 is 0 Å². The molecule has 8 nitrogen and oxygen atoms in total. The molecule has 1 aliphatic heterocycles. The molecule has 2 fully saturated rings. The van der Waals surface area contributed by atoms with Crippen molar-refractivity contribution in [1.29, 1.82) is 0 Å². The number of sulfone groups is 1. The fourth-order valence-electron chi connectivity index (χ4n) is 4.19. The fraction of sp³-hybridized carbons (Fsp3) is 0.727. The molecule has 1 aromatic rings. The lowest BCUT2D eigenvalue weighted by atomic mass is 9.94. The van der Waals surface area contributed by atoms with Crippen LogP contribution in [-0.2, 0) is 19.3 Å². The van der Waals surface area contributed by atoms with Gasteiger partial charge in [0.15, 0.2) is 14.9 Å². The third-order valence-corrected chi connectivity index (χ3v) is 6.83. The van der Waals surface area contributed by atoms with Crippen molar-refractivity contribution in [2.75, 3.05) is 19.3 Å². The zero-order chi connectivity index (χ0) is 22.6. The molecule has 0 bridgehead atoms. The van der Waals surface area contributed by atoms with Gasteiger partial charge in [-0.2, -0.15) is 0 Å². The van der Waals surface area contributed by atoms with Gasteiger partial charge >= 0.3 is 6.09 Å². The first-order valence-corrected chi connectivity index (χ1v) is 13.0. The van der Waals surface area contributed by atoms with E-state index in [1.165, 1.54) is 6.20 Å². The lowest BCUT2D eigenvalue weighted by Crippen LogP contribution is -2.43. The number of carbonyl (C=O) groups excluding carboxylic acids is 1. The number of aryl methyl sites for hydroxylation is 1. The number of hydrogen-bond donors (Lipinski definition) is 0. The lowest BCUT2D eigenvalue weighted by Gasteiger charge is -2.36. The van der Waals surface area contributed by atoms with Crippen molar-refractivity contribution in [3.63, 3.8) is 0 Å². The molecule has 2 aliphatic rings. The molecule has 31 heavy (non-hydrogen) atoms. The van der Waals surface area contributed by atoms with Gasteiger partial charge < -0.3 is 19.1 Å². The molecule has 0 aromatic carbocycles. The molecule has 0 radical (unpaired) electrons.